The average Bonchev–Trinajstić information content (AvgIpc) is 2.66. The molecule has 2 rings (SSSR count). The summed E-state index contributed by atoms with van der Waals surface area (Å²) in [6, 6.07) is 10.0. The van der Waals surface area contributed by atoms with Crippen LogP contribution in [0.4, 0.5) is 11.4 Å². The highest BCUT2D eigenvalue weighted by Crippen LogP contribution is 2.25. The second kappa shape index (κ2) is 10.4. The predicted octanol–water partition coefficient (Wildman–Crippen LogP) is 4.50. The highest BCUT2D eigenvalue weighted by atomic mass is 79.9. The molecule has 0 aliphatic carbocycles. The van der Waals surface area contributed by atoms with Crippen LogP contribution in [0.3, 0.4) is 0 Å². The van der Waals surface area contributed by atoms with E-state index in [-0.39, 0.29) is 22.2 Å². The van der Waals surface area contributed by atoms with E-state index in [9.17, 15) is 19.7 Å². The lowest BCUT2D eigenvalue weighted by Crippen LogP contribution is -2.44. The molecule has 0 saturated carbocycles. The van der Waals surface area contributed by atoms with E-state index < -0.39 is 16.9 Å². The molecule has 0 fully saturated rings. The molecule has 28 heavy (non-hydrogen) atoms. The number of nitrogens with zero attached hydrogens (tertiary/aromatic N) is 1. The van der Waals surface area contributed by atoms with Gasteiger partial charge in [-0.25, -0.2) is 0 Å². The quantitative estimate of drug-likeness (QED) is 0.422. The summed E-state index contributed by atoms with van der Waals surface area (Å²) in [5.74, 6) is -0.301. The molecule has 10 heteroatoms. The van der Waals surface area contributed by atoms with Crippen molar-refractivity contribution < 1.29 is 14.5 Å². The fourth-order valence-electron chi connectivity index (χ4n) is 2.30. The topological polar surface area (TPSA) is 101 Å². The molecule has 2 aromatic carbocycles. The summed E-state index contributed by atoms with van der Waals surface area (Å²) in [6.45, 7) is 0. The lowest BCUT2D eigenvalue weighted by Gasteiger charge is -2.18. The summed E-state index contributed by atoms with van der Waals surface area (Å²) in [5.41, 5.74) is 0.287. The first-order chi connectivity index (χ1) is 13.3. The summed E-state index contributed by atoms with van der Waals surface area (Å²) >= 11 is 10.6. The van der Waals surface area contributed by atoms with Gasteiger partial charge < -0.3 is 10.6 Å². The number of rotatable bonds is 8. The van der Waals surface area contributed by atoms with Gasteiger partial charge in [-0.1, -0.05) is 27.5 Å². The number of carbonyl (C=O) groups is 2. The van der Waals surface area contributed by atoms with E-state index in [0.717, 1.165) is 10.5 Å². The zero-order valence-electron chi connectivity index (χ0n) is 14.8. The van der Waals surface area contributed by atoms with Crippen molar-refractivity contribution in [3.8, 4) is 0 Å². The van der Waals surface area contributed by atoms with Crippen molar-refractivity contribution in [1.29, 1.82) is 0 Å². The van der Waals surface area contributed by atoms with Gasteiger partial charge in [-0.2, -0.15) is 11.8 Å². The van der Waals surface area contributed by atoms with Crippen LogP contribution >= 0.6 is 39.3 Å². The van der Waals surface area contributed by atoms with E-state index in [2.05, 4.69) is 26.6 Å². The number of nitro groups is 1. The summed E-state index contributed by atoms with van der Waals surface area (Å²) in [6.07, 6.45) is 2.30. The van der Waals surface area contributed by atoms with Gasteiger partial charge in [0.2, 0.25) is 5.91 Å². The SMILES string of the molecule is CSCCC(NC(=O)c1ccc(Cl)c([N+](=O)[O-])c1)C(=O)Nc1ccc(Br)cc1. The molecule has 0 bridgehead atoms. The number of halogens is 2. The van der Waals surface area contributed by atoms with Crippen molar-refractivity contribution in [2.75, 3.05) is 17.3 Å². The van der Waals surface area contributed by atoms with Gasteiger partial charge in [-0.05, 0) is 54.8 Å². The van der Waals surface area contributed by atoms with Crippen LogP contribution < -0.4 is 10.6 Å². The Labute approximate surface area is 179 Å². The minimum Gasteiger partial charge on any atom is -0.340 e. The van der Waals surface area contributed by atoms with Crippen molar-refractivity contribution in [3.63, 3.8) is 0 Å². The van der Waals surface area contributed by atoms with E-state index in [1.807, 2.05) is 6.26 Å². The fourth-order valence-corrected chi connectivity index (χ4v) is 3.22. The molecule has 1 unspecified atom stereocenters. The maximum absolute atomic E-state index is 12.6. The molecule has 0 heterocycles. The molecule has 7 nitrogen and oxygen atoms in total. The third-order valence-corrected chi connectivity index (χ3v) is 5.24. The Morgan fingerprint density at radius 3 is 2.54 bits per heavy atom. The van der Waals surface area contributed by atoms with Gasteiger partial charge >= 0.3 is 0 Å². The van der Waals surface area contributed by atoms with Gasteiger partial charge in [-0.15, -0.1) is 0 Å². The Morgan fingerprint density at radius 1 is 1.25 bits per heavy atom. The third kappa shape index (κ3) is 6.22. The number of benzene rings is 2. The van der Waals surface area contributed by atoms with Crippen molar-refractivity contribution in [1.82, 2.24) is 5.32 Å². The Hall–Kier alpha value is -2.10. The normalized spacial score (nSPS) is 11.5. The molecule has 0 radical (unpaired) electrons. The molecule has 2 amide bonds. The summed E-state index contributed by atoms with van der Waals surface area (Å²) in [5, 5.41) is 16.4. The second-order valence-electron chi connectivity index (χ2n) is 5.73. The van der Waals surface area contributed by atoms with Crippen LogP contribution in [0.1, 0.15) is 16.8 Å². The van der Waals surface area contributed by atoms with E-state index in [1.54, 1.807) is 36.0 Å². The standard InChI is InChI=1S/C18H17BrClN3O4S/c1-28-9-8-15(18(25)21-13-5-3-12(19)4-6-13)22-17(24)11-2-7-14(20)16(10-11)23(26)27/h2-7,10,15H,8-9H2,1H3,(H,21,25)(H,22,24). The van der Waals surface area contributed by atoms with Crippen LogP contribution in [0.5, 0.6) is 0 Å². The van der Waals surface area contributed by atoms with E-state index in [0.29, 0.717) is 17.9 Å². The van der Waals surface area contributed by atoms with Crippen LogP contribution in [0.2, 0.25) is 5.02 Å². The molecular formula is C18H17BrClN3O4S. The summed E-state index contributed by atoms with van der Waals surface area (Å²) in [4.78, 5) is 35.5. The number of hydrogen-bond acceptors (Lipinski definition) is 5. The van der Waals surface area contributed by atoms with Crippen molar-refractivity contribution in [2.24, 2.45) is 0 Å². The Morgan fingerprint density at radius 2 is 1.93 bits per heavy atom. The lowest BCUT2D eigenvalue weighted by molar-refractivity contribution is -0.384. The number of hydrogen-bond donors (Lipinski definition) is 2. The van der Waals surface area contributed by atoms with Crippen LogP contribution in [0.15, 0.2) is 46.9 Å². The number of nitro benzene ring substituents is 1. The number of thioether (sulfide) groups is 1. The first-order valence-corrected chi connectivity index (χ1v) is 10.7. The lowest BCUT2D eigenvalue weighted by atomic mass is 10.1. The number of carbonyl (C=O) groups excluding carboxylic acids is 2. The number of amides is 2. The Balaban J connectivity index is 2.15. The van der Waals surface area contributed by atoms with Crippen LogP contribution in [-0.2, 0) is 4.79 Å². The minimum absolute atomic E-state index is 0.0571. The van der Waals surface area contributed by atoms with Gasteiger partial charge in [0.05, 0.1) is 4.92 Å². The van der Waals surface area contributed by atoms with Crippen LogP contribution in [-0.4, -0.2) is 34.8 Å². The molecular weight excluding hydrogens is 470 g/mol. The van der Waals surface area contributed by atoms with Gasteiger partial charge in [-0.3, -0.25) is 19.7 Å². The smallest absolute Gasteiger partial charge is 0.288 e. The van der Waals surface area contributed by atoms with Gasteiger partial charge in [0.1, 0.15) is 11.1 Å². The van der Waals surface area contributed by atoms with Crippen LogP contribution in [0, 0.1) is 10.1 Å². The maximum Gasteiger partial charge on any atom is 0.288 e. The van der Waals surface area contributed by atoms with E-state index in [1.165, 1.54) is 12.1 Å². The molecule has 0 aromatic heterocycles. The molecule has 0 spiro atoms. The molecule has 2 N–H and O–H groups in total. The van der Waals surface area contributed by atoms with Gasteiger partial charge in [0.25, 0.3) is 11.6 Å². The Kier molecular flexibility index (Phi) is 8.28. The molecule has 0 saturated heterocycles. The maximum atomic E-state index is 12.6. The molecule has 148 valence electrons. The largest absolute Gasteiger partial charge is 0.340 e. The van der Waals surface area contributed by atoms with Gasteiger partial charge in [0, 0.05) is 21.8 Å². The number of nitrogens with one attached hydrogen (secondary N) is 2. The van der Waals surface area contributed by atoms with Crippen molar-refractivity contribution >= 4 is 62.5 Å². The van der Waals surface area contributed by atoms with E-state index >= 15 is 0 Å². The number of anilines is 1. The van der Waals surface area contributed by atoms with Crippen molar-refractivity contribution in [3.05, 3.63) is 67.6 Å². The highest BCUT2D eigenvalue weighted by molar-refractivity contribution is 9.10. The zero-order chi connectivity index (χ0) is 20.7. The molecule has 0 aliphatic rings. The fraction of sp³-hybridized carbons (Fsp3) is 0.222. The van der Waals surface area contributed by atoms with E-state index in [4.69, 9.17) is 11.6 Å². The van der Waals surface area contributed by atoms with Gasteiger partial charge in [0.15, 0.2) is 0 Å². The third-order valence-electron chi connectivity index (χ3n) is 3.75. The zero-order valence-corrected chi connectivity index (χ0v) is 17.9. The Bertz CT molecular complexity index is 880. The first-order valence-electron chi connectivity index (χ1n) is 8.12. The van der Waals surface area contributed by atoms with Crippen LogP contribution in [0.25, 0.3) is 0 Å². The molecule has 0 aliphatic heterocycles. The monoisotopic (exact) mass is 485 g/mol. The summed E-state index contributed by atoms with van der Waals surface area (Å²) < 4.78 is 0.877. The average molecular weight is 487 g/mol. The summed E-state index contributed by atoms with van der Waals surface area (Å²) in [7, 11) is 0. The predicted molar refractivity (Wildman–Crippen MR) is 115 cm³/mol. The highest BCUT2D eigenvalue weighted by Gasteiger charge is 2.23. The minimum atomic E-state index is -0.793. The molecule has 1 atom stereocenters. The first kappa shape index (κ1) is 22.2. The molecule has 2 aromatic rings. The second-order valence-corrected chi connectivity index (χ2v) is 8.04. The van der Waals surface area contributed by atoms with Crippen molar-refractivity contribution in [2.45, 2.75) is 12.5 Å².